The van der Waals surface area contributed by atoms with Gasteiger partial charge in [0, 0.05) is 12.1 Å². The Bertz CT molecular complexity index is 275. The standard InChI is InChI=1S/C7H5ClF3N.ClH/c8-4-5-2-1-3-12-6(5)7(9,10)11;/h1-3H,4H2;1H. The fraction of sp³-hybridized carbons (Fsp3) is 0.286. The van der Waals surface area contributed by atoms with Gasteiger partial charge in [0.15, 0.2) is 0 Å². The lowest BCUT2D eigenvalue weighted by molar-refractivity contribution is -0.141. The number of alkyl halides is 4. The van der Waals surface area contributed by atoms with Gasteiger partial charge in [0.1, 0.15) is 5.69 Å². The fourth-order valence-corrected chi connectivity index (χ4v) is 1.02. The molecule has 0 bridgehead atoms. The molecule has 0 fully saturated rings. The highest BCUT2D eigenvalue weighted by molar-refractivity contribution is 6.17. The lowest BCUT2D eigenvalue weighted by atomic mass is 10.2. The number of halogens is 5. The maximum Gasteiger partial charge on any atom is 0.433 e. The molecule has 0 aliphatic rings. The van der Waals surface area contributed by atoms with Crippen LogP contribution in [-0.2, 0) is 12.1 Å². The minimum absolute atomic E-state index is 0. The van der Waals surface area contributed by atoms with Gasteiger partial charge >= 0.3 is 6.18 Å². The Morgan fingerprint density at radius 1 is 1.38 bits per heavy atom. The van der Waals surface area contributed by atoms with E-state index in [9.17, 15) is 13.2 Å². The highest BCUT2D eigenvalue weighted by atomic mass is 35.5. The van der Waals surface area contributed by atoms with Crippen molar-refractivity contribution in [1.29, 1.82) is 0 Å². The lowest BCUT2D eigenvalue weighted by Crippen LogP contribution is -2.10. The minimum Gasteiger partial charge on any atom is -0.251 e. The van der Waals surface area contributed by atoms with E-state index >= 15 is 0 Å². The van der Waals surface area contributed by atoms with E-state index in [1.807, 2.05) is 0 Å². The fourth-order valence-electron chi connectivity index (χ4n) is 0.802. The third kappa shape index (κ3) is 3.04. The summed E-state index contributed by atoms with van der Waals surface area (Å²) in [6, 6.07) is 2.73. The van der Waals surface area contributed by atoms with Crippen molar-refractivity contribution in [2.45, 2.75) is 12.1 Å². The summed E-state index contributed by atoms with van der Waals surface area (Å²) in [7, 11) is 0. The number of hydrogen-bond acceptors (Lipinski definition) is 1. The molecule has 0 N–H and O–H groups in total. The van der Waals surface area contributed by atoms with Crippen LogP contribution >= 0.6 is 24.0 Å². The summed E-state index contributed by atoms with van der Waals surface area (Å²) in [5, 5.41) is 0. The molecule has 13 heavy (non-hydrogen) atoms. The molecule has 0 amide bonds. The second-order valence-electron chi connectivity index (χ2n) is 2.14. The summed E-state index contributed by atoms with van der Waals surface area (Å²) in [6.45, 7) is 0. The highest BCUT2D eigenvalue weighted by Gasteiger charge is 2.34. The lowest BCUT2D eigenvalue weighted by Gasteiger charge is -2.08. The van der Waals surface area contributed by atoms with Crippen molar-refractivity contribution in [2.24, 2.45) is 0 Å². The Hall–Kier alpha value is -0.480. The molecular weight excluding hydrogens is 226 g/mol. The van der Waals surface area contributed by atoms with E-state index in [1.54, 1.807) is 0 Å². The third-order valence-corrected chi connectivity index (χ3v) is 1.59. The van der Waals surface area contributed by atoms with Crippen molar-refractivity contribution in [3.05, 3.63) is 29.6 Å². The second kappa shape index (κ2) is 4.67. The van der Waals surface area contributed by atoms with Crippen molar-refractivity contribution in [3.8, 4) is 0 Å². The average Bonchev–Trinajstić information content (AvgIpc) is 2.03. The molecule has 0 spiro atoms. The van der Waals surface area contributed by atoms with E-state index in [1.165, 1.54) is 12.1 Å². The summed E-state index contributed by atoms with van der Waals surface area (Å²) in [5.74, 6) is -0.178. The van der Waals surface area contributed by atoms with Gasteiger partial charge in [0.2, 0.25) is 0 Å². The molecule has 1 nitrogen and oxygen atoms in total. The predicted octanol–water partition coefficient (Wildman–Crippen LogP) is 3.26. The molecule has 0 unspecified atom stereocenters. The molecule has 0 aliphatic carbocycles. The van der Waals surface area contributed by atoms with E-state index < -0.39 is 11.9 Å². The van der Waals surface area contributed by atoms with Crippen LogP contribution in [0.15, 0.2) is 18.3 Å². The minimum atomic E-state index is -4.41. The zero-order valence-electron chi connectivity index (χ0n) is 6.31. The van der Waals surface area contributed by atoms with Crippen LogP contribution in [0.5, 0.6) is 0 Å². The average molecular weight is 232 g/mol. The van der Waals surface area contributed by atoms with Crippen LogP contribution in [0, 0.1) is 0 Å². The molecule has 74 valence electrons. The van der Waals surface area contributed by atoms with Crippen molar-refractivity contribution in [2.75, 3.05) is 0 Å². The van der Waals surface area contributed by atoms with Crippen LogP contribution in [0.2, 0.25) is 0 Å². The van der Waals surface area contributed by atoms with Crippen LogP contribution < -0.4 is 0 Å². The zero-order chi connectivity index (χ0) is 9.19. The van der Waals surface area contributed by atoms with Gasteiger partial charge in [-0.2, -0.15) is 13.2 Å². The van der Waals surface area contributed by atoms with Gasteiger partial charge in [0.05, 0.1) is 0 Å². The van der Waals surface area contributed by atoms with E-state index in [2.05, 4.69) is 4.98 Å². The Morgan fingerprint density at radius 2 is 2.00 bits per heavy atom. The molecule has 0 aliphatic heterocycles. The SMILES string of the molecule is Cl.FC(F)(F)c1ncccc1CCl. The van der Waals surface area contributed by atoms with E-state index in [-0.39, 0.29) is 23.9 Å². The Balaban J connectivity index is 0.00000144. The molecule has 0 saturated heterocycles. The number of rotatable bonds is 1. The maximum atomic E-state index is 12.1. The molecule has 1 rings (SSSR count). The monoisotopic (exact) mass is 231 g/mol. The first-order chi connectivity index (χ1) is 5.55. The smallest absolute Gasteiger partial charge is 0.251 e. The van der Waals surface area contributed by atoms with Crippen molar-refractivity contribution in [1.82, 2.24) is 4.98 Å². The van der Waals surface area contributed by atoms with Crippen molar-refractivity contribution in [3.63, 3.8) is 0 Å². The van der Waals surface area contributed by atoms with Crippen molar-refractivity contribution >= 4 is 24.0 Å². The first kappa shape index (κ1) is 12.5. The highest BCUT2D eigenvalue weighted by Crippen LogP contribution is 2.30. The summed E-state index contributed by atoms with van der Waals surface area (Å²) in [5.41, 5.74) is -0.897. The zero-order valence-corrected chi connectivity index (χ0v) is 7.88. The molecule has 0 radical (unpaired) electrons. The molecular formula is C7H6Cl2F3N. The number of pyridine rings is 1. The van der Waals surface area contributed by atoms with E-state index in [0.29, 0.717) is 0 Å². The van der Waals surface area contributed by atoms with Gasteiger partial charge < -0.3 is 0 Å². The summed E-state index contributed by atoms with van der Waals surface area (Å²) in [6.07, 6.45) is -3.32. The van der Waals surface area contributed by atoms with Crippen LogP contribution in [0.4, 0.5) is 13.2 Å². The Labute approximate surface area is 84.3 Å². The van der Waals surface area contributed by atoms with Gasteiger partial charge in [0.25, 0.3) is 0 Å². The summed E-state index contributed by atoms with van der Waals surface area (Å²) < 4.78 is 36.3. The van der Waals surface area contributed by atoms with E-state index in [4.69, 9.17) is 11.6 Å². The first-order valence-corrected chi connectivity index (χ1v) is 3.66. The molecule has 1 aromatic rings. The maximum absolute atomic E-state index is 12.1. The van der Waals surface area contributed by atoms with Gasteiger partial charge in [-0.3, -0.25) is 4.98 Å². The second-order valence-corrected chi connectivity index (χ2v) is 2.41. The molecule has 1 heterocycles. The molecule has 0 atom stereocenters. The number of hydrogen-bond donors (Lipinski definition) is 0. The third-order valence-electron chi connectivity index (χ3n) is 1.30. The Morgan fingerprint density at radius 3 is 2.38 bits per heavy atom. The first-order valence-electron chi connectivity index (χ1n) is 3.12. The van der Waals surface area contributed by atoms with Crippen LogP contribution in [-0.4, -0.2) is 4.98 Å². The van der Waals surface area contributed by atoms with Crippen LogP contribution in [0.1, 0.15) is 11.3 Å². The Kier molecular flexibility index (Phi) is 4.50. The number of aromatic nitrogens is 1. The van der Waals surface area contributed by atoms with Gasteiger partial charge in [-0.15, -0.1) is 24.0 Å². The normalized spacial score (nSPS) is 10.8. The predicted molar refractivity (Wildman–Crippen MR) is 46.0 cm³/mol. The molecule has 1 aromatic heterocycles. The van der Waals surface area contributed by atoms with E-state index in [0.717, 1.165) is 6.20 Å². The molecule has 6 heteroatoms. The van der Waals surface area contributed by atoms with Gasteiger partial charge in [-0.05, 0) is 11.6 Å². The topological polar surface area (TPSA) is 12.9 Å². The number of nitrogens with zero attached hydrogens (tertiary/aromatic N) is 1. The molecule has 0 aromatic carbocycles. The molecule has 0 saturated carbocycles. The van der Waals surface area contributed by atoms with Gasteiger partial charge in [-0.1, -0.05) is 6.07 Å². The van der Waals surface area contributed by atoms with Gasteiger partial charge in [-0.25, -0.2) is 0 Å². The summed E-state index contributed by atoms with van der Waals surface area (Å²) in [4.78, 5) is 3.21. The quantitative estimate of drug-likeness (QED) is 0.677. The largest absolute Gasteiger partial charge is 0.433 e. The van der Waals surface area contributed by atoms with Crippen LogP contribution in [0.3, 0.4) is 0 Å². The van der Waals surface area contributed by atoms with Crippen LogP contribution in [0.25, 0.3) is 0 Å². The summed E-state index contributed by atoms with van der Waals surface area (Å²) >= 11 is 5.30. The van der Waals surface area contributed by atoms with Crippen molar-refractivity contribution < 1.29 is 13.2 Å².